The molecule has 0 saturated carbocycles. The quantitative estimate of drug-likeness (QED) is 0.270. The van der Waals surface area contributed by atoms with Crippen LogP contribution in [0.25, 0.3) is 22.3 Å². The van der Waals surface area contributed by atoms with E-state index in [1.54, 1.807) is 17.6 Å². The molecule has 0 spiro atoms. The van der Waals surface area contributed by atoms with E-state index in [0.717, 1.165) is 41.1 Å². The van der Waals surface area contributed by atoms with Crippen molar-refractivity contribution < 1.29 is 19.4 Å². The summed E-state index contributed by atoms with van der Waals surface area (Å²) in [6.07, 6.45) is 0.115. The Labute approximate surface area is 201 Å². The number of cyclic esters (lactones) is 1. The Morgan fingerprint density at radius 3 is 2.80 bits per heavy atom. The average molecular weight is 475 g/mol. The van der Waals surface area contributed by atoms with Gasteiger partial charge in [0, 0.05) is 29.6 Å². The van der Waals surface area contributed by atoms with Crippen molar-refractivity contribution in [3.05, 3.63) is 57.4 Å². The summed E-state index contributed by atoms with van der Waals surface area (Å²) in [6, 6.07) is 9.60. The van der Waals surface area contributed by atoms with Gasteiger partial charge in [0.15, 0.2) is 5.60 Å². The van der Waals surface area contributed by atoms with Crippen LogP contribution in [0.1, 0.15) is 37.0 Å². The van der Waals surface area contributed by atoms with Gasteiger partial charge in [0.2, 0.25) is 0 Å². The molecule has 3 aliphatic rings. The second-order valence-electron chi connectivity index (χ2n) is 9.20. The third-order valence-electron chi connectivity index (χ3n) is 7.28. The molecule has 180 valence electrons. The summed E-state index contributed by atoms with van der Waals surface area (Å²) in [4.78, 5) is 37.7. The number of pyridine rings is 2. The average Bonchev–Trinajstić information content (AvgIpc) is 3.24. The van der Waals surface area contributed by atoms with Crippen LogP contribution in [-0.4, -0.2) is 57.7 Å². The Bertz CT molecular complexity index is 1470. The molecule has 1 aromatic carbocycles. The van der Waals surface area contributed by atoms with Crippen LogP contribution in [0.2, 0.25) is 0 Å². The topological polar surface area (TPSA) is 106 Å². The van der Waals surface area contributed by atoms with Gasteiger partial charge in [-0.1, -0.05) is 13.0 Å². The molecule has 35 heavy (non-hydrogen) atoms. The normalized spacial score (nSPS) is 21.5. The predicted octanol–water partition coefficient (Wildman–Crippen LogP) is 2.46. The van der Waals surface area contributed by atoms with Crippen molar-refractivity contribution in [3.8, 4) is 11.4 Å². The van der Waals surface area contributed by atoms with Crippen molar-refractivity contribution in [2.24, 2.45) is 4.99 Å². The van der Waals surface area contributed by atoms with Crippen molar-refractivity contribution in [3.63, 3.8) is 0 Å². The molecule has 9 heteroatoms. The lowest BCUT2D eigenvalue weighted by molar-refractivity contribution is -0.172. The molecule has 0 radical (unpaired) electrons. The lowest BCUT2D eigenvalue weighted by Crippen LogP contribution is -2.44. The standard InChI is InChI=1S/C26H26N4O5/c1-3-26(33)19-12-22-23-16(13-30(22)24(31)18(19)14-35-25(26)32)11-17-20(5-4-6-21(17)28-23)27-15(2)29-7-9-34-10-8-29/h4-6,11-12,33H,3,7-10,13-14H2,1-2H3/t26-/m0/s1. The Balaban J connectivity index is 1.48. The fraction of sp³-hybridized carbons (Fsp3) is 0.385. The van der Waals surface area contributed by atoms with Gasteiger partial charge in [0.05, 0.1) is 47.9 Å². The SMILES string of the molecule is CC[C@@]1(O)C(=O)OCc2c1cc1n(c2=O)Cc2cc3c(N=C(C)N4CCOCC4)cccc3nc2-1. The highest BCUT2D eigenvalue weighted by Gasteiger charge is 2.45. The Hall–Kier alpha value is -3.56. The maximum atomic E-state index is 13.4. The molecular weight excluding hydrogens is 448 g/mol. The Kier molecular flexibility index (Phi) is 5.01. The van der Waals surface area contributed by atoms with Gasteiger partial charge in [-0.15, -0.1) is 0 Å². The van der Waals surface area contributed by atoms with E-state index in [2.05, 4.69) is 4.90 Å². The van der Waals surface area contributed by atoms with E-state index in [4.69, 9.17) is 19.5 Å². The summed E-state index contributed by atoms with van der Waals surface area (Å²) < 4.78 is 12.2. The summed E-state index contributed by atoms with van der Waals surface area (Å²) >= 11 is 0. The van der Waals surface area contributed by atoms with Gasteiger partial charge in [-0.05, 0) is 37.6 Å². The van der Waals surface area contributed by atoms with Gasteiger partial charge >= 0.3 is 5.97 Å². The van der Waals surface area contributed by atoms with Crippen LogP contribution in [0.15, 0.2) is 40.1 Å². The molecule has 5 heterocycles. The number of aliphatic imine (C=N–C) groups is 1. The smallest absolute Gasteiger partial charge is 0.343 e. The summed E-state index contributed by atoms with van der Waals surface area (Å²) in [5.74, 6) is 0.205. The molecule has 0 unspecified atom stereocenters. The highest BCUT2D eigenvalue weighted by Crippen LogP contribution is 2.39. The fourth-order valence-electron chi connectivity index (χ4n) is 5.22. The van der Waals surface area contributed by atoms with Gasteiger partial charge in [-0.25, -0.2) is 14.8 Å². The number of ether oxygens (including phenoxy) is 2. The van der Waals surface area contributed by atoms with E-state index >= 15 is 0 Å². The monoisotopic (exact) mass is 474 g/mol. The van der Waals surface area contributed by atoms with Gasteiger partial charge in [-0.2, -0.15) is 0 Å². The third-order valence-corrected chi connectivity index (χ3v) is 7.28. The zero-order valence-corrected chi connectivity index (χ0v) is 19.7. The van der Waals surface area contributed by atoms with Gasteiger partial charge in [-0.3, -0.25) is 4.79 Å². The molecular formula is C26H26N4O5. The number of nitrogens with zero attached hydrogens (tertiary/aromatic N) is 4. The molecule has 6 rings (SSSR count). The van der Waals surface area contributed by atoms with Gasteiger partial charge < -0.3 is 24.0 Å². The van der Waals surface area contributed by atoms with Crippen molar-refractivity contribution in [2.75, 3.05) is 26.3 Å². The maximum absolute atomic E-state index is 13.4. The summed E-state index contributed by atoms with van der Waals surface area (Å²) in [5.41, 5.74) is 2.32. The van der Waals surface area contributed by atoms with E-state index in [1.165, 1.54) is 0 Å². The molecule has 2 aromatic heterocycles. The molecule has 1 N–H and O–H groups in total. The second kappa shape index (κ2) is 8.00. The number of hydrogen-bond donors (Lipinski definition) is 1. The van der Waals surface area contributed by atoms with Crippen LogP contribution in [0, 0.1) is 0 Å². The number of hydrogen-bond acceptors (Lipinski definition) is 7. The van der Waals surface area contributed by atoms with Crippen LogP contribution in [0.4, 0.5) is 5.69 Å². The van der Waals surface area contributed by atoms with E-state index in [9.17, 15) is 14.7 Å². The molecule has 3 aliphatic heterocycles. The fourth-order valence-corrected chi connectivity index (χ4v) is 5.22. The number of rotatable bonds is 2. The lowest BCUT2D eigenvalue weighted by Gasteiger charge is -2.31. The molecule has 1 atom stereocenters. The number of amidine groups is 1. The van der Waals surface area contributed by atoms with Crippen LogP contribution in [0.3, 0.4) is 0 Å². The zero-order chi connectivity index (χ0) is 24.3. The zero-order valence-electron chi connectivity index (χ0n) is 19.7. The molecule has 1 saturated heterocycles. The molecule has 0 amide bonds. The largest absolute Gasteiger partial charge is 0.458 e. The van der Waals surface area contributed by atoms with Crippen LogP contribution in [0.5, 0.6) is 0 Å². The minimum atomic E-state index is -1.83. The van der Waals surface area contributed by atoms with Crippen molar-refractivity contribution in [1.82, 2.24) is 14.5 Å². The van der Waals surface area contributed by atoms with E-state index in [-0.39, 0.29) is 18.6 Å². The van der Waals surface area contributed by atoms with Crippen LogP contribution >= 0.6 is 0 Å². The molecule has 0 aliphatic carbocycles. The van der Waals surface area contributed by atoms with Crippen LogP contribution in [-0.2, 0) is 33.0 Å². The summed E-state index contributed by atoms with van der Waals surface area (Å²) in [7, 11) is 0. The number of morpholine rings is 1. The lowest BCUT2D eigenvalue weighted by atomic mass is 9.86. The molecule has 1 fully saturated rings. The Morgan fingerprint density at radius 2 is 2.03 bits per heavy atom. The molecule has 3 aromatic rings. The number of aliphatic hydroxyl groups is 1. The van der Waals surface area contributed by atoms with E-state index < -0.39 is 11.6 Å². The number of benzene rings is 1. The summed E-state index contributed by atoms with van der Waals surface area (Å²) in [5, 5.41) is 11.9. The first-order valence-corrected chi connectivity index (χ1v) is 11.9. The number of carbonyl (C=O) groups excluding carboxylic acids is 1. The first-order valence-electron chi connectivity index (χ1n) is 11.9. The van der Waals surface area contributed by atoms with E-state index in [0.29, 0.717) is 42.3 Å². The first-order chi connectivity index (χ1) is 16.9. The van der Waals surface area contributed by atoms with Crippen LogP contribution < -0.4 is 5.56 Å². The minimum Gasteiger partial charge on any atom is -0.458 e. The number of esters is 1. The third kappa shape index (κ3) is 3.30. The number of aromatic nitrogens is 2. The summed E-state index contributed by atoms with van der Waals surface area (Å²) in [6.45, 7) is 6.93. The van der Waals surface area contributed by atoms with Gasteiger partial charge in [0.25, 0.3) is 5.56 Å². The Morgan fingerprint density at radius 1 is 1.23 bits per heavy atom. The van der Waals surface area contributed by atoms with Gasteiger partial charge in [0.1, 0.15) is 12.4 Å². The number of carbonyl (C=O) groups is 1. The maximum Gasteiger partial charge on any atom is 0.343 e. The number of fused-ring (bicyclic) bond motifs is 5. The highest BCUT2D eigenvalue weighted by atomic mass is 16.6. The van der Waals surface area contributed by atoms with E-state index in [1.807, 2.05) is 31.2 Å². The highest BCUT2D eigenvalue weighted by molar-refractivity contribution is 5.96. The molecule has 9 nitrogen and oxygen atoms in total. The van der Waals surface area contributed by atoms with Crippen molar-refractivity contribution >= 4 is 28.4 Å². The predicted molar refractivity (Wildman–Crippen MR) is 130 cm³/mol. The molecule has 0 bridgehead atoms. The second-order valence-corrected chi connectivity index (χ2v) is 9.20. The van der Waals surface area contributed by atoms with Crippen molar-refractivity contribution in [1.29, 1.82) is 0 Å². The van der Waals surface area contributed by atoms with Crippen molar-refractivity contribution in [2.45, 2.75) is 39.0 Å². The minimum absolute atomic E-state index is 0.115. The first kappa shape index (κ1) is 21.9.